The van der Waals surface area contributed by atoms with Crippen molar-refractivity contribution in [3.05, 3.63) is 11.8 Å². The first-order valence-electron chi connectivity index (χ1n) is 3.73. The Balaban J connectivity index is 2.52. The molecule has 1 aliphatic rings. The Bertz CT molecular complexity index is 140. The smallest absolute Gasteiger partial charge is 0.199 e. The van der Waals surface area contributed by atoms with E-state index in [-0.39, 0.29) is 12.4 Å². The molecule has 2 unspecified atom stereocenters. The van der Waals surface area contributed by atoms with Crippen LogP contribution >= 0.6 is 0 Å². The molecule has 0 aliphatic carbocycles. The Labute approximate surface area is 61.8 Å². The van der Waals surface area contributed by atoms with E-state index in [0.717, 1.165) is 12.2 Å². The fourth-order valence-electron chi connectivity index (χ4n) is 1.06. The zero-order chi connectivity index (χ0) is 7.56. The molecule has 1 heterocycles. The Morgan fingerprint density at radius 3 is 2.80 bits per heavy atom. The fraction of sp³-hybridized carbons (Fsp3) is 0.750. The van der Waals surface area contributed by atoms with Gasteiger partial charge in [-0.1, -0.05) is 6.92 Å². The molecule has 1 aliphatic heterocycles. The summed E-state index contributed by atoms with van der Waals surface area (Å²) in [5, 5.41) is 0. The van der Waals surface area contributed by atoms with Gasteiger partial charge in [0.15, 0.2) is 6.29 Å². The van der Waals surface area contributed by atoms with Gasteiger partial charge in [0.25, 0.3) is 0 Å². The minimum Gasteiger partial charge on any atom is -0.470 e. The number of hydrogen-bond acceptors (Lipinski definition) is 2. The molecular formula is C8H14O2. The van der Waals surface area contributed by atoms with E-state index in [4.69, 9.17) is 9.47 Å². The Hall–Kier alpha value is -0.500. The molecule has 58 valence electrons. The molecule has 10 heavy (non-hydrogen) atoms. The first-order valence-corrected chi connectivity index (χ1v) is 3.73. The van der Waals surface area contributed by atoms with Crippen LogP contribution in [0.3, 0.4) is 0 Å². The van der Waals surface area contributed by atoms with Gasteiger partial charge in [0, 0.05) is 6.42 Å². The first kappa shape index (κ1) is 7.61. The Morgan fingerprint density at radius 2 is 2.30 bits per heavy atom. The maximum atomic E-state index is 5.41. The van der Waals surface area contributed by atoms with Crippen molar-refractivity contribution in [2.24, 2.45) is 0 Å². The van der Waals surface area contributed by atoms with Crippen LogP contribution in [0.5, 0.6) is 0 Å². The van der Waals surface area contributed by atoms with E-state index >= 15 is 0 Å². The van der Waals surface area contributed by atoms with E-state index in [1.807, 2.05) is 19.9 Å². The summed E-state index contributed by atoms with van der Waals surface area (Å²) in [7, 11) is 0. The van der Waals surface area contributed by atoms with Crippen LogP contribution in [0.4, 0.5) is 0 Å². The average Bonchev–Trinajstić information content (AvgIpc) is 1.85. The topological polar surface area (TPSA) is 18.5 Å². The predicted octanol–water partition coefficient (Wildman–Crippen LogP) is 2.06. The minimum atomic E-state index is -0.0278. The largest absolute Gasteiger partial charge is 0.470 e. The van der Waals surface area contributed by atoms with Crippen LogP contribution in [0, 0.1) is 0 Å². The summed E-state index contributed by atoms with van der Waals surface area (Å²) in [6.45, 7) is 6.03. The van der Waals surface area contributed by atoms with Gasteiger partial charge in [-0.3, -0.25) is 0 Å². The van der Waals surface area contributed by atoms with Crippen LogP contribution in [0.15, 0.2) is 11.8 Å². The van der Waals surface area contributed by atoms with Gasteiger partial charge >= 0.3 is 0 Å². The number of hydrogen-bond donors (Lipinski definition) is 0. The Morgan fingerprint density at radius 1 is 1.60 bits per heavy atom. The summed E-state index contributed by atoms with van der Waals surface area (Å²) in [5.41, 5.74) is 0. The van der Waals surface area contributed by atoms with Crippen molar-refractivity contribution < 1.29 is 9.47 Å². The monoisotopic (exact) mass is 142 g/mol. The molecule has 0 saturated heterocycles. The third-order valence-electron chi connectivity index (χ3n) is 1.49. The van der Waals surface area contributed by atoms with E-state index in [9.17, 15) is 0 Å². The second-order valence-electron chi connectivity index (χ2n) is 2.57. The molecule has 0 aromatic rings. The number of rotatable bonds is 1. The summed E-state index contributed by atoms with van der Waals surface area (Å²) in [5.74, 6) is 0.977. The highest BCUT2D eigenvalue weighted by molar-refractivity contribution is 4.96. The van der Waals surface area contributed by atoms with Crippen LogP contribution in [-0.4, -0.2) is 12.4 Å². The molecule has 0 amide bonds. The molecular weight excluding hydrogens is 128 g/mol. The lowest BCUT2D eigenvalue weighted by Gasteiger charge is -2.26. The van der Waals surface area contributed by atoms with Crippen LogP contribution < -0.4 is 0 Å². The molecule has 2 heteroatoms. The maximum Gasteiger partial charge on any atom is 0.199 e. The minimum absolute atomic E-state index is 0.0278. The second kappa shape index (κ2) is 3.06. The highest BCUT2D eigenvalue weighted by Crippen LogP contribution is 2.16. The first-order chi connectivity index (χ1) is 4.72. The summed E-state index contributed by atoms with van der Waals surface area (Å²) in [6, 6.07) is 0. The van der Waals surface area contributed by atoms with E-state index in [1.165, 1.54) is 0 Å². The zero-order valence-electron chi connectivity index (χ0n) is 6.76. The summed E-state index contributed by atoms with van der Waals surface area (Å²) >= 11 is 0. The number of allylic oxidation sites excluding steroid dienone is 1. The summed E-state index contributed by atoms with van der Waals surface area (Å²) in [6.07, 6.45) is 3.07. The summed E-state index contributed by atoms with van der Waals surface area (Å²) in [4.78, 5) is 0. The molecule has 1 rings (SSSR count). The molecule has 0 aromatic carbocycles. The molecule has 0 fully saturated rings. The molecule has 0 saturated carbocycles. The highest BCUT2D eigenvalue weighted by atomic mass is 16.7. The van der Waals surface area contributed by atoms with Crippen molar-refractivity contribution in [3.63, 3.8) is 0 Å². The third-order valence-corrected chi connectivity index (χ3v) is 1.49. The van der Waals surface area contributed by atoms with Gasteiger partial charge < -0.3 is 9.47 Å². The van der Waals surface area contributed by atoms with Gasteiger partial charge in [-0.05, 0) is 19.9 Å². The van der Waals surface area contributed by atoms with E-state index in [1.54, 1.807) is 0 Å². The van der Waals surface area contributed by atoms with Crippen molar-refractivity contribution in [2.75, 3.05) is 0 Å². The summed E-state index contributed by atoms with van der Waals surface area (Å²) < 4.78 is 10.8. The quantitative estimate of drug-likeness (QED) is 0.558. The van der Waals surface area contributed by atoms with Crippen LogP contribution in [0.2, 0.25) is 0 Å². The SMILES string of the molecule is CCC1OC(C)=CC(C)O1. The lowest BCUT2D eigenvalue weighted by molar-refractivity contribution is -0.150. The number of ether oxygens (including phenoxy) is 2. The van der Waals surface area contributed by atoms with Crippen molar-refractivity contribution in [2.45, 2.75) is 39.6 Å². The van der Waals surface area contributed by atoms with Gasteiger partial charge in [-0.25, -0.2) is 0 Å². The van der Waals surface area contributed by atoms with Gasteiger partial charge in [0.1, 0.15) is 0 Å². The van der Waals surface area contributed by atoms with Crippen molar-refractivity contribution in [3.8, 4) is 0 Å². The van der Waals surface area contributed by atoms with Crippen molar-refractivity contribution >= 4 is 0 Å². The molecule has 0 bridgehead atoms. The molecule has 0 spiro atoms. The predicted molar refractivity (Wildman–Crippen MR) is 39.5 cm³/mol. The lowest BCUT2D eigenvalue weighted by atomic mass is 10.3. The van der Waals surface area contributed by atoms with Gasteiger partial charge in [0.05, 0.1) is 11.9 Å². The fourth-order valence-corrected chi connectivity index (χ4v) is 1.06. The maximum absolute atomic E-state index is 5.41. The van der Waals surface area contributed by atoms with Crippen LogP contribution in [0.1, 0.15) is 27.2 Å². The molecule has 2 atom stereocenters. The van der Waals surface area contributed by atoms with E-state index in [2.05, 4.69) is 6.92 Å². The van der Waals surface area contributed by atoms with Gasteiger partial charge in [-0.15, -0.1) is 0 Å². The van der Waals surface area contributed by atoms with Crippen LogP contribution in [-0.2, 0) is 9.47 Å². The second-order valence-corrected chi connectivity index (χ2v) is 2.57. The van der Waals surface area contributed by atoms with Gasteiger partial charge in [0.2, 0.25) is 0 Å². The van der Waals surface area contributed by atoms with Crippen molar-refractivity contribution in [1.82, 2.24) is 0 Å². The molecule has 0 radical (unpaired) electrons. The Kier molecular flexibility index (Phi) is 2.33. The van der Waals surface area contributed by atoms with E-state index in [0.29, 0.717) is 0 Å². The van der Waals surface area contributed by atoms with E-state index < -0.39 is 0 Å². The molecule has 0 N–H and O–H groups in total. The standard InChI is InChI=1S/C8H14O2/c1-4-8-9-6(2)5-7(3)10-8/h5-6,8H,4H2,1-3H3. The highest BCUT2D eigenvalue weighted by Gasteiger charge is 2.16. The zero-order valence-corrected chi connectivity index (χ0v) is 6.76. The third kappa shape index (κ3) is 1.74. The molecule has 2 nitrogen and oxygen atoms in total. The van der Waals surface area contributed by atoms with Crippen LogP contribution in [0.25, 0.3) is 0 Å². The average molecular weight is 142 g/mol. The van der Waals surface area contributed by atoms with Crippen molar-refractivity contribution in [1.29, 1.82) is 0 Å². The van der Waals surface area contributed by atoms with Gasteiger partial charge in [-0.2, -0.15) is 0 Å². The lowest BCUT2D eigenvalue weighted by Crippen LogP contribution is -2.25. The normalized spacial score (nSPS) is 32.9. The molecule has 0 aromatic heterocycles.